The van der Waals surface area contributed by atoms with E-state index in [-0.39, 0.29) is 6.10 Å². The lowest BCUT2D eigenvalue weighted by atomic mass is 10.1. The van der Waals surface area contributed by atoms with Gasteiger partial charge in [-0.15, -0.1) is 0 Å². The number of aryl methyl sites for hydroxylation is 1. The maximum Gasteiger partial charge on any atom is 0.158 e. The summed E-state index contributed by atoms with van der Waals surface area (Å²) in [6.45, 7) is 5.09. The minimum atomic E-state index is -0.0386. The lowest BCUT2D eigenvalue weighted by molar-refractivity contribution is -0.0950. The highest BCUT2D eigenvalue weighted by molar-refractivity contribution is 5.04. The highest BCUT2D eigenvalue weighted by Gasteiger charge is 2.27. The van der Waals surface area contributed by atoms with Crippen molar-refractivity contribution in [2.45, 2.75) is 64.0 Å². The van der Waals surface area contributed by atoms with Gasteiger partial charge in [-0.05, 0) is 19.3 Å². The van der Waals surface area contributed by atoms with Crippen LogP contribution in [-0.4, -0.2) is 34.6 Å². The molecular formula is C15H25N3O2. The van der Waals surface area contributed by atoms with E-state index >= 15 is 0 Å². The summed E-state index contributed by atoms with van der Waals surface area (Å²) in [5.41, 5.74) is 0. The molecule has 1 aliphatic carbocycles. The Morgan fingerprint density at radius 3 is 2.80 bits per heavy atom. The molecule has 20 heavy (non-hydrogen) atoms. The Bertz CT molecular complexity index is 421. The minimum Gasteiger partial charge on any atom is -0.376 e. The van der Waals surface area contributed by atoms with Crippen molar-refractivity contribution in [3.63, 3.8) is 0 Å². The highest BCUT2D eigenvalue weighted by atomic mass is 16.6. The number of unbranched alkanes of at least 4 members (excludes halogenated alkanes) is 1. The molecule has 2 fully saturated rings. The summed E-state index contributed by atoms with van der Waals surface area (Å²) in [6, 6.07) is 0. The minimum absolute atomic E-state index is 0.0386. The average molecular weight is 279 g/mol. The van der Waals surface area contributed by atoms with Gasteiger partial charge in [0.25, 0.3) is 0 Å². The number of aromatic nitrogens is 3. The average Bonchev–Trinajstić information content (AvgIpc) is 3.15. The summed E-state index contributed by atoms with van der Waals surface area (Å²) in [5, 5.41) is 4.77. The molecule has 5 nitrogen and oxygen atoms in total. The van der Waals surface area contributed by atoms with Crippen molar-refractivity contribution >= 4 is 0 Å². The predicted octanol–water partition coefficient (Wildman–Crippen LogP) is 2.82. The first kappa shape index (κ1) is 14.0. The zero-order valence-corrected chi connectivity index (χ0v) is 12.4. The SMILES string of the molecule is CCCCn1nc(C2CCCC2)nc1C1COCCO1. The lowest BCUT2D eigenvalue weighted by Gasteiger charge is -2.22. The van der Waals surface area contributed by atoms with Crippen LogP contribution in [0.3, 0.4) is 0 Å². The molecule has 1 aliphatic heterocycles. The van der Waals surface area contributed by atoms with Crippen LogP contribution in [0.5, 0.6) is 0 Å². The molecule has 1 aromatic rings. The van der Waals surface area contributed by atoms with Crippen molar-refractivity contribution in [3.8, 4) is 0 Å². The molecule has 1 saturated heterocycles. The Balaban J connectivity index is 1.80. The molecule has 5 heteroatoms. The van der Waals surface area contributed by atoms with E-state index in [1.165, 1.54) is 32.1 Å². The van der Waals surface area contributed by atoms with Crippen LogP contribution < -0.4 is 0 Å². The second-order valence-electron chi connectivity index (χ2n) is 5.82. The van der Waals surface area contributed by atoms with Crippen LogP contribution in [0.4, 0.5) is 0 Å². The third-order valence-corrected chi connectivity index (χ3v) is 4.26. The van der Waals surface area contributed by atoms with Crippen molar-refractivity contribution in [2.24, 2.45) is 0 Å². The van der Waals surface area contributed by atoms with E-state index in [0.717, 1.165) is 24.6 Å². The van der Waals surface area contributed by atoms with Gasteiger partial charge in [0.1, 0.15) is 6.10 Å². The van der Waals surface area contributed by atoms with E-state index in [4.69, 9.17) is 19.6 Å². The van der Waals surface area contributed by atoms with Gasteiger partial charge in [-0.2, -0.15) is 5.10 Å². The molecule has 0 spiro atoms. The monoisotopic (exact) mass is 279 g/mol. The fourth-order valence-electron chi connectivity index (χ4n) is 3.08. The molecule has 0 radical (unpaired) electrons. The van der Waals surface area contributed by atoms with Crippen LogP contribution in [0.2, 0.25) is 0 Å². The van der Waals surface area contributed by atoms with Gasteiger partial charge in [-0.25, -0.2) is 9.67 Å². The molecule has 0 bridgehead atoms. The molecule has 0 amide bonds. The van der Waals surface area contributed by atoms with E-state index in [0.29, 0.717) is 25.7 Å². The fourth-order valence-corrected chi connectivity index (χ4v) is 3.08. The summed E-state index contributed by atoms with van der Waals surface area (Å²) < 4.78 is 13.4. The van der Waals surface area contributed by atoms with E-state index in [1.54, 1.807) is 0 Å². The van der Waals surface area contributed by atoms with Gasteiger partial charge in [0, 0.05) is 12.5 Å². The van der Waals surface area contributed by atoms with E-state index in [9.17, 15) is 0 Å². The van der Waals surface area contributed by atoms with Crippen LogP contribution in [0.1, 0.15) is 69.1 Å². The molecule has 1 saturated carbocycles. The molecule has 1 aromatic heterocycles. The zero-order chi connectivity index (χ0) is 13.8. The third-order valence-electron chi connectivity index (χ3n) is 4.26. The third kappa shape index (κ3) is 3.04. The zero-order valence-electron chi connectivity index (χ0n) is 12.4. The summed E-state index contributed by atoms with van der Waals surface area (Å²) in [6.07, 6.45) is 7.36. The quantitative estimate of drug-likeness (QED) is 0.831. The van der Waals surface area contributed by atoms with Gasteiger partial charge < -0.3 is 9.47 Å². The van der Waals surface area contributed by atoms with Gasteiger partial charge in [-0.1, -0.05) is 26.2 Å². The van der Waals surface area contributed by atoms with E-state index in [1.807, 2.05) is 0 Å². The first-order chi connectivity index (χ1) is 9.88. The topological polar surface area (TPSA) is 49.2 Å². The Morgan fingerprint density at radius 1 is 1.25 bits per heavy atom. The Morgan fingerprint density at radius 2 is 2.10 bits per heavy atom. The summed E-state index contributed by atoms with van der Waals surface area (Å²) >= 11 is 0. The van der Waals surface area contributed by atoms with Crippen LogP contribution in [0.25, 0.3) is 0 Å². The van der Waals surface area contributed by atoms with Gasteiger partial charge in [-0.3, -0.25) is 0 Å². The number of hydrogen-bond donors (Lipinski definition) is 0. The normalized spacial score (nSPS) is 24.4. The number of ether oxygens (including phenoxy) is 2. The lowest BCUT2D eigenvalue weighted by Crippen LogP contribution is -2.25. The number of rotatable bonds is 5. The fraction of sp³-hybridized carbons (Fsp3) is 0.867. The molecule has 112 valence electrons. The first-order valence-corrected chi connectivity index (χ1v) is 8.02. The maximum atomic E-state index is 5.81. The van der Waals surface area contributed by atoms with Gasteiger partial charge in [0.2, 0.25) is 0 Å². The van der Waals surface area contributed by atoms with Crippen molar-refractivity contribution in [2.75, 3.05) is 19.8 Å². The standard InChI is InChI=1S/C15H25N3O2/c1-2-3-8-18-15(13-11-19-9-10-20-13)16-14(17-18)12-6-4-5-7-12/h12-13H,2-11H2,1H3. The van der Waals surface area contributed by atoms with Crippen molar-refractivity contribution in [3.05, 3.63) is 11.6 Å². The van der Waals surface area contributed by atoms with Crippen LogP contribution >= 0.6 is 0 Å². The number of hydrogen-bond acceptors (Lipinski definition) is 4. The smallest absolute Gasteiger partial charge is 0.158 e. The van der Waals surface area contributed by atoms with Gasteiger partial charge >= 0.3 is 0 Å². The van der Waals surface area contributed by atoms with E-state index < -0.39 is 0 Å². The Labute approximate surface area is 120 Å². The predicted molar refractivity (Wildman–Crippen MR) is 75.7 cm³/mol. The highest BCUT2D eigenvalue weighted by Crippen LogP contribution is 2.33. The molecule has 2 heterocycles. The summed E-state index contributed by atoms with van der Waals surface area (Å²) in [5.74, 6) is 2.56. The second kappa shape index (κ2) is 6.68. The Hall–Kier alpha value is -0.940. The molecule has 2 aliphatic rings. The van der Waals surface area contributed by atoms with Crippen LogP contribution in [0.15, 0.2) is 0 Å². The van der Waals surface area contributed by atoms with Gasteiger partial charge in [0.15, 0.2) is 11.6 Å². The van der Waals surface area contributed by atoms with E-state index in [2.05, 4.69) is 11.6 Å². The van der Waals surface area contributed by atoms with Crippen molar-refractivity contribution in [1.29, 1.82) is 0 Å². The largest absolute Gasteiger partial charge is 0.376 e. The second-order valence-corrected chi connectivity index (χ2v) is 5.82. The maximum absolute atomic E-state index is 5.81. The van der Waals surface area contributed by atoms with Crippen molar-refractivity contribution < 1.29 is 9.47 Å². The van der Waals surface area contributed by atoms with Gasteiger partial charge in [0.05, 0.1) is 19.8 Å². The van der Waals surface area contributed by atoms with Crippen LogP contribution in [0, 0.1) is 0 Å². The molecule has 0 N–H and O–H groups in total. The molecule has 1 atom stereocenters. The molecule has 3 rings (SSSR count). The first-order valence-electron chi connectivity index (χ1n) is 8.02. The number of nitrogens with zero attached hydrogens (tertiary/aromatic N) is 3. The van der Waals surface area contributed by atoms with Crippen LogP contribution in [-0.2, 0) is 16.0 Å². The molecular weight excluding hydrogens is 254 g/mol. The molecule has 0 aromatic carbocycles. The van der Waals surface area contributed by atoms with Crippen molar-refractivity contribution in [1.82, 2.24) is 14.8 Å². The summed E-state index contributed by atoms with van der Waals surface area (Å²) in [7, 11) is 0. The Kier molecular flexibility index (Phi) is 4.68. The summed E-state index contributed by atoms with van der Waals surface area (Å²) in [4.78, 5) is 4.82. The molecule has 1 unspecified atom stereocenters.